The molecule has 0 saturated heterocycles. The second-order valence-corrected chi connectivity index (χ2v) is 8.26. The Bertz CT molecular complexity index is 1090. The van der Waals surface area contributed by atoms with E-state index < -0.39 is 5.97 Å². The maximum Gasteiger partial charge on any atom is 0.307 e. The van der Waals surface area contributed by atoms with Gasteiger partial charge in [-0.3, -0.25) is 4.79 Å². The standard InChI is InChI=1S/C23H18BrCl2NO3/c24-19-9-7-17(13-23(28)29)15(11-19)3-1-4-16-12-20(25)10-8-18(16)14-30-22-6-2-5-21(26)27-22/h1-2,4-12H,3,13-14H2,(H,28,29)/b4-1+. The fourth-order valence-corrected chi connectivity index (χ4v) is 3.65. The number of halogens is 3. The molecule has 3 rings (SSSR count). The number of ether oxygens (including phenoxy) is 1. The molecule has 30 heavy (non-hydrogen) atoms. The Balaban J connectivity index is 1.76. The highest BCUT2D eigenvalue weighted by molar-refractivity contribution is 9.10. The summed E-state index contributed by atoms with van der Waals surface area (Å²) in [6.07, 6.45) is 4.52. The predicted octanol–water partition coefficient (Wildman–Crippen LogP) is 6.61. The van der Waals surface area contributed by atoms with Crippen LogP contribution in [0.25, 0.3) is 6.08 Å². The van der Waals surface area contributed by atoms with Crippen LogP contribution in [0.1, 0.15) is 22.3 Å². The van der Waals surface area contributed by atoms with Crippen LogP contribution in [0.5, 0.6) is 5.88 Å². The third-order valence-corrected chi connectivity index (χ3v) is 5.26. The molecule has 7 heteroatoms. The number of allylic oxidation sites excluding steroid dienone is 1. The van der Waals surface area contributed by atoms with Crippen LogP contribution in [0.3, 0.4) is 0 Å². The van der Waals surface area contributed by atoms with E-state index in [1.54, 1.807) is 18.2 Å². The van der Waals surface area contributed by atoms with E-state index in [1.807, 2.05) is 48.6 Å². The van der Waals surface area contributed by atoms with Crippen LogP contribution in [0.2, 0.25) is 10.2 Å². The van der Waals surface area contributed by atoms with Gasteiger partial charge in [-0.1, -0.05) is 69.5 Å². The van der Waals surface area contributed by atoms with Crippen molar-refractivity contribution in [1.82, 2.24) is 4.98 Å². The highest BCUT2D eigenvalue weighted by atomic mass is 79.9. The lowest BCUT2D eigenvalue weighted by Crippen LogP contribution is -2.03. The normalized spacial score (nSPS) is 11.0. The highest BCUT2D eigenvalue weighted by Crippen LogP contribution is 2.22. The maximum atomic E-state index is 11.1. The summed E-state index contributed by atoms with van der Waals surface area (Å²) in [4.78, 5) is 15.2. The van der Waals surface area contributed by atoms with Crippen molar-refractivity contribution in [1.29, 1.82) is 0 Å². The van der Waals surface area contributed by atoms with Crippen LogP contribution in [-0.4, -0.2) is 16.1 Å². The van der Waals surface area contributed by atoms with Gasteiger partial charge in [0.25, 0.3) is 0 Å². The number of rotatable bonds is 8. The van der Waals surface area contributed by atoms with Crippen molar-refractivity contribution in [3.63, 3.8) is 0 Å². The second-order valence-electron chi connectivity index (χ2n) is 6.52. The summed E-state index contributed by atoms with van der Waals surface area (Å²) >= 11 is 15.5. The lowest BCUT2D eigenvalue weighted by Gasteiger charge is -2.10. The fourth-order valence-electron chi connectivity index (χ4n) is 2.91. The van der Waals surface area contributed by atoms with E-state index in [9.17, 15) is 4.79 Å². The summed E-state index contributed by atoms with van der Waals surface area (Å²) in [5.74, 6) is -0.411. The number of hydrogen-bond acceptors (Lipinski definition) is 3. The Morgan fingerprint density at radius 1 is 1.07 bits per heavy atom. The molecule has 0 radical (unpaired) electrons. The zero-order valence-corrected chi connectivity index (χ0v) is 18.9. The largest absolute Gasteiger partial charge is 0.481 e. The zero-order chi connectivity index (χ0) is 21.5. The lowest BCUT2D eigenvalue weighted by molar-refractivity contribution is -0.136. The summed E-state index contributed by atoms with van der Waals surface area (Å²) in [6.45, 7) is 0.311. The van der Waals surface area contributed by atoms with Crippen LogP contribution >= 0.6 is 39.1 Å². The molecule has 0 saturated carbocycles. The van der Waals surface area contributed by atoms with Crippen LogP contribution in [0.15, 0.2) is 65.1 Å². The van der Waals surface area contributed by atoms with Gasteiger partial charge in [0.15, 0.2) is 0 Å². The quantitative estimate of drug-likeness (QED) is 0.349. The third kappa shape index (κ3) is 6.59. The summed E-state index contributed by atoms with van der Waals surface area (Å²) in [5.41, 5.74) is 3.60. The number of nitrogens with zero attached hydrogens (tertiary/aromatic N) is 1. The molecule has 0 spiro atoms. The van der Waals surface area contributed by atoms with Crippen molar-refractivity contribution in [3.8, 4) is 5.88 Å². The Morgan fingerprint density at radius 2 is 1.87 bits per heavy atom. The number of aliphatic carboxylic acids is 1. The van der Waals surface area contributed by atoms with E-state index in [1.165, 1.54) is 0 Å². The molecular formula is C23H18BrCl2NO3. The Hall–Kier alpha value is -2.34. The van der Waals surface area contributed by atoms with Gasteiger partial charge in [0.2, 0.25) is 5.88 Å². The van der Waals surface area contributed by atoms with Crippen molar-refractivity contribution in [3.05, 3.63) is 97.6 Å². The minimum absolute atomic E-state index is 0.0145. The topological polar surface area (TPSA) is 59.4 Å². The second kappa shape index (κ2) is 10.6. The third-order valence-electron chi connectivity index (χ3n) is 4.32. The minimum Gasteiger partial charge on any atom is -0.481 e. The number of carboxylic acid groups (broad SMARTS) is 1. The van der Waals surface area contributed by atoms with Crippen LogP contribution < -0.4 is 4.74 Å². The average Bonchev–Trinajstić information content (AvgIpc) is 2.69. The van der Waals surface area contributed by atoms with Crippen molar-refractivity contribution >= 4 is 51.2 Å². The van der Waals surface area contributed by atoms with E-state index in [-0.39, 0.29) is 6.42 Å². The summed E-state index contributed by atoms with van der Waals surface area (Å²) < 4.78 is 6.66. The number of benzene rings is 2. The number of carboxylic acids is 1. The molecule has 3 aromatic rings. The van der Waals surface area contributed by atoms with E-state index >= 15 is 0 Å². The van der Waals surface area contributed by atoms with Gasteiger partial charge in [0, 0.05) is 15.6 Å². The Morgan fingerprint density at radius 3 is 2.63 bits per heavy atom. The van der Waals surface area contributed by atoms with Gasteiger partial charge < -0.3 is 9.84 Å². The van der Waals surface area contributed by atoms with Gasteiger partial charge >= 0.3 is 5.97 Å². The Labute approximate surface area is 193 Å². The molecule has 0 aliphatic carbocycles. The SMILES string of the molecule is O=C(O)Cc1ccc(Br)cc1C/C=C/c1cc(Cl)ccc1COc1cccc(Cl)n1. The molecule has 154 valence electrons. The lowest BCUT2D eigenvalue weighted by atomic mass is 10.0. The summed E-state index contributed by atoms with van der Waals surface area (Å²) in [5, 5.41) is 10.1. The van der Waals surface area contributed by atoms with Crippen LogP contribution in [-0.2, 0) is 24.2 Å². The number of pyridine rings is 1. The summed E-state index contributed by atoms with van der Waals surface area (Å²) in [7, 11) is 0. The maximum absolute atomic E-state index is 11.1. The minimum atomic E-state index is -0.855. The van der Waals surface area contributed by atoms with Gasteiger partial charge in [-0.05, 0) is 59.0 Å². The molecule has 4 nitrogen and oxygen atoms in total. The molecular weight excluding hydrogens is 489 g/mol. The molecule has 0 unspecified atom stereocenters. The van der Waals surface area contributed by atoms with E-state index in [0.29, 0.717) is 29.1 Å². The van der Waals surface area contributed by atoms with Crippen LogP contribution in [0, 0.1) is 0 Å². The van der Waals surface area contributed by atoms with Crippen molar-refractivity contribution in [2.24, 2.45) is 0 Å². The van der Waals surface area contributed by atoms with Crippen molar-refractivity contribution < 1.29 is 14.6 Å². The van der Waals surface area contributed by atoms with E-state index in [2.05, 4.69) is 20.9 Å². The smallest absolute Gasteiger partial charge is 0.307 e. The van der Waals surface area contributed by atoms with Gasteiger partial charge in [0.05, 0.1) is 6.42 Å². The van der Waals surface area contributed by atoms with Crippen molar-refractivity contribution in [2.75, 3.05) is 0 Å². The molecule has 1 aromatic heterocycles. The molecule has 0 amide bonds. The Kier molecular flexibility index (Phi) is 7.91. The number of aromatic nitrogens is 1. The first-order chi connectivity index (χ1) is 14.4. The number of carbonyl (C=O) groups is 1. The predicted molar refractivity (Wildman–Crippen MR) is 123 cm³/mol. The van der Waals surface area contributed by atoms with Gasteiger partial charge in [0.1, 0.15) is 11.8 Å². The van der Waals surface area contributed by atoms with E-state index in [0.717, 1.165) is 26.7 Å². The molecule has 0 atom stereocenters. The molecule has 1 N–H and O–H groups in total. The molecule has 1 heterocycles. The zero-order valence-electron chi connectivity index (χ0n) is 15.8. The molecule has 0 aliphatic heterocycles. The van der Waals surface area contributed by atoms with Crippen molar-refractivity contribution in [2.45, 2.75) is 19.4 Å². The number of hydrogen-bond donors (Lipinski definition) is 1. The summed E-state index contributed by atoms with van der Waals surface area (Å²) in [6, 6.07) is 16.4. The monoisotopic (exact) mass is 505 g/mol. The first-order valence-electron chi connectivity index (χ1n) is 9.10. The van der Waals surface area contributed by atoms with E-state index in [4.69, 9.17) is 33.0 Å². The molecule has 2 aromatic carbocycles. The fraction of sp³-hybridized carbons (Fsp3) is 0.130. The first kappa shape index (κ1) is 22.3. The molecule has 0 bridgehead atoms. The highest BCUT2D eigenvalue weighted by Gasteiger charge is 2.08. The average molecular weight is 507 g/mol. The van der Waals surface area contributed by atoms with Crippen LogP contribution in [0.4, 0.5) is 0 Å². The van der Waals surface area contributed by atoms with Gasteiger partial charge in [-0.2, -0.15) is 0 Å². The molecule has 0 aliphatic rings. The first-order valence-corrected chi connectivity index (χ1v) is 10.6. The van der Waals surface area contributed by atoms with Gasteiger partial charge in [-0.25, -0.2) is 4.98 Å². The molecule has 0 fully saturated rings. The van der Waals surface area contributed by atoms with Gasteiger partial charge in [-0.15, -0.1) is 0 Å².